The molecule has 1 aliphatic heterocycles. The third-order valence-electron chi connectivity index (χ3n) is 3.40. The van der Waals surface area contributed by atoms with Crippen molar-refractivity contribution in [3.8, 4) is 0 Å². The van der Waals surface area contributed by atoms with Gasteiger partial charge in [-0.1, -0.05) is 0 Å². The number of piperidine rings is 1. The number of amides is 2. The largest absolute Gasteiger partial charge is 0.444 e. The molecule has 1 aliphatic carbocycles. The van der Waals surface area contributed by atoms with Crippen molar-refractivity contribution >= 4 is 12.0 Å². The first-order valence-electron chi connectivity index (χ1n) is 7.11. The molecule has 1 unspecified atom stereocenters. The first kappa shape index (κ1) is 14.2. The highest BCUT2D eigenvalue weighted by Crippen LogP contribution is 2.30. The van der Waals surface area contributed by atoms with E-state index in [4.69, 9.17) is 4.74 Å². The highest BCUT2D eigenvalue weighted by Gasteiger charge is 2.32. The average molecular weight is 268 g/mol. The maximum absolute atomic E-state index is 11.8. The van der Waals surface area contributed by atoms with Crippen LogP contribution >= 0.6 is 0 Å². The summed E-state index contributed by atoms with van der Waals surface area (Å²) in [5.74, 6) is 0.901. The van der Waals surface area contributed by atoms with Crippen molar-refractivity contribution in [2.75, 3.05) is 13.1 Å². The molecule has 108 valence electrons. The molecular weight excluding hydrogens is 244 g/mol. The Morgan fingerprint density at radius 3 is 2.63 bits per heavy atom. The fourth-order valence-corrected chi connectivity index (χ4v) is 2.30. The Hall–Kier alpha value is -1.26. The minimum atomic E-state index is -0.484. The molecule has 19 heavy (non-hydrogen) atoms. The Balaban J connectivity index is 1.80. The van der Waals surface area contributed by atoms with Gasteiger partial charge in [-0.2, -0.15) is 0 Å². The summed E-state index contributed by atoms with van der Waals surface area (Å²) in [7, 11) is 0. The molecule has 1 N–H and O–H groups in total. The van der Waals surface area contributed by atoms with E-state index >= 15 is 0 Å². The van der Waals surface area contributed by atoms with Gasteiger partial charge < -0.3 is 15.0 Å². The molecule has 1 saturated carbocycles. The lowest BCUT2D eigenvalue weighted by molar-refractivity contribution is -0.134. The number of rotatable bonds is 3. The third-order valence-corrected chi connectivity index (χ3v) is 3.40. The van der Waals surface area contributed by atoms with Crippen LogP contribution in [0, 0.1) is 5.92 Å². The molecule has 2 amide bonds. The van der Waals surface area contributed by atoms with Crippen molar-refractivity contribution in [1.29, 1.82) is 0 Å². The van der Waals surface area contributed by atoms with E-state index in [1.54, 1.807) is 0 Å². The van der Waals surface area contributed by atoms with E-state index in [1.807, 2.05) is 25.7 Å². The van der Waals surface area contributed by atoms with Crippen molar-refractivity contribution in [3.63, 3.8) is 0 Å². The van der Waals surface area contributed by atoms with Gasteiger partial charge in [-0.3, -0.25) is 4.79 Å². The van der Waals surface area contributed by atoms with Gasteiger partial charge in [-0.25, -0.2) is 4.79 Å². The van der Waals surface area contributed by atoms with Gasteiger partial charge in [0.1, 0.15) is 5.60 Å². The van der Waals surface area contributed by atoms with E-state index < -0.39 is 11.7 Å². The minimum Gasteiger partial charge on any atom is -0.444 e. The van der Waals surface area contributed by atoms with Crippen molar-refractivity contribution in [1.82, 2.24) is 10.2 Å². The monoisotopic (exact) mass is 268 g/mol. The van der Waals surface area contributed by atoms with Gasteiger partial charge >= 0.3 is 6.09 Å². The van der Waals surface area contributed by atoms with Gasteiger partial charge in [-0.05, 0) is 46.0 Å². The topological polar surface area (TPSA) is 58.6 Å². The predicted octanol–water partition coefficient (Wildman–Crippen LogP) is 1.91. The summed E-state index contributed by atoms with van der Waals surface area (Å²) in [6, 6.07) is 0.0197. The molecule has 2 rings (SSSR count). The summed E-state index contributed by atoms with van der Waals surface area (Å²) < 4.78 is 5.24. The van der Waals surface area contributed by atoms with Gasteiger partial charge in [0.15, 0.2) is 0 Å². The summed E-state index contributed by atoms with van der Waals surface area (Å²) in [5.41, 5.74) is -0.484. The van der Waals surface area contributed by atoms with E-state index in [1.165, 1.54) is 12.8 Å². The summed E-state index contributed by atoms with van der Waals surface area (Å²) in [6.07, 6.45) is 3.30. The second-order valence-corrected chi connectivity index (χ2v) is 6.62. The number of hydrogen-bond donors (Lipinski definition) is 1. The molecule has 0 spiro atoms. The first-order chi connectivity index (χ1) is 8.83. The van der Waals surface area contributed by atoms with Crippen LogP contribution in [0.1, 0.15) is 46.5 Å². The van der Waals surface area contributed by atoms with Crippen LogP contribution < -0.4 is 5.32 Å². The zero-order chi connectivity index (χ0) is 14.0. The van der Waals surface area contributed by atoms with Crippen LogP contribution in [0.3, 0.4) is 0 Å². The van der Waals surface area contributed by atoms with Crippen LogP contribution in [-0.2, 0) is 9.53 Å². The molecule has 0 radical (unpaired) electrons. The van der Waals surface area contributed by atoms with Gasteiger partial charge in [0.05, 0.1) is 6.04 Å². The smallest absolute Gasteiger partial charge is 0.407 e. The number of nitrogens with one attached hydrogen (secondary N) is 1. The van der Waals surface area contributed by atoms with Gasteiger partial charge in [0, 0.05) is 19.5 Å². The lowest BCUT2D eigenvalue weighted by Gasteiger charge is -2.33. The van der Waals surface area contributed by atoms with E-state index in [-0.39, 0.29) is 11.9 Å². The first-order valence-corrected chi connectivity index (χ1v) is 7.11. The second kappa shape index (κ2) is 5.39. The Labute approximate surface area is 114 Å². The van der Waals surface area contributed by atoms with E-state index in [0.717, 1.165) is 6.54 Å². The Morgan fingerprint density at radius 1 is 1.37 bits per heavy atom. The summed E-state index contributed by atoms with van der Waals surface area (Å²) >= 11 is 0. The summed E-state index contributed by atoms with van der Waals surface area (Å²) in [4.78, 5) is 25.4. The van der Waals surface area contributed by atoms with Crippen molar-refractivity contribution in [2.45, 2.75) is 58.1 Å². The normalized spacial score (nSPS) is 24.3. The zero-order valence-corrected chi connectivity index (χ0v) is 12.1. The maximum atomic E-state index is 11.8. The molecule has 0 aromatic heterocycles. The summed E-state index contributed by atoms with van der Waals surface area (Å²) in [5, 5.41) is 2.86. The lowest BCUT2D eigenvalue weighted by atomic mass is 10.0. The number of likely N-dealkylation sites (tertiary alicyclic amines) is 1. The van der Waals surface area contributed by atoms with Crippen LogP contribution in [0.4, 0.5) is 4.79 Å². The Kier molecular flexibility index (Phi) is 4.02. The number of carbonyl (C=O) groups excluding carboxylic acids is 2. The molecule has 0 aromatic rings. The number of alkyl carbamates (subject to hydrolysis) is 1. The fraction of sp³-hybridized carbons (Fsp3) is 0.857. The third kappa shape index (κ3) is 4.73. The second-order valence-electron chi connectivity index (χ2n) is 6.62. The molecular formula is C14H24N2O3. The van der Waals surface area contributed by atoms with E-state index in [0.29, 0.717) is 25.3 Å². The molecule has 2 fully saturated rings. The molecule has 1 saturated heterocycles. The van der Waals surface area contributed by atoms with Gasteiger partial charge in [-0.15, -0.1) is 0 Å². The Morgan fingerprint density at radius 2 is 2.05 bits per heavy atom. The van der Waals surface area contributed by atoms with Gasteiger partial charge in [0.25, 0.3) is 0 Å². The fourth-order valence-electron chi connectivity index (χ4n) is 2.30. The molecule has 1 heterocycles. The highest BCUT2D eigenvalue weighted by atomic mass is 16.6. The number of nitrogens with zero attached hydrogens (tertiary/aromatic N) is 1. The van der Waals surface area contributed by atoms with Crippen LogP contribution in [0.15, 0.2) is 0 Å². The molecule has 0 aromatic carbocycles. The average Bonchev–Trinajstić information content (AvgIpc) is 3.04. The molecule has 2 aliphatic rings. The van der Waals surface area contributed by atoms with E-state index in [2.05, 4.69) is 5.32 Å². The molecule has 5 heteroatoms. The van der Waals surface area contributed by atoms with Crippen LogP contribution in [0.2, 0.25) is 0 Å². The van der Waals surface area contributed by atoms with Crippen molar-refractivity contribution in [2.24, 2.45) is 5.92 Å². The van der Waals surface area contributed by atoms with Crippen LogP contribution in [0.25, 0.3) is 0 Å². The minimum absolute atomic E-state index is 0.0197. The maximum Gasteiger partial charge on any atom is 0.407 e. The van der Waals surface area contributed by atoms with E-state index in [9.17, 15) is 9.59 Å². The summed E-state index contributed by atoms with van der Waals surface area (Å²) in [6.45, 7) is 7.00. The van der Waals surface area contributed by atoms with Crippen molar-refractivity contribution in [3.05, 3.63) is 0 Å². The van der Waals surface area contributed by atoms with Crippen LogP contribution in [0.5, 0.6) is 0 Å². The van der Waals surface area contributed by atoms with Crippen molar-refractivity contribution < 1.29 is 14.3 Å². The number of carbonyl (C=O) groups is 2. The molecule has 5 nitrogen and oxygen atoms in total. The number of ether oxygens (including phenoxy) is 1. The molecule has 0 bridgehead atoms. The predicted molar refractivity (Wildman–Crippen MR) is 71.7 cm³/mol. The SMILES string of the molecule is CC(C)(C)OC(=O)NC1CCC(=O)N(CC2CC2)C1. The molecule has 1 atom stereocenters. The lowest BCUT2D eigenvalue weighted by Crippen LogP contribution is -2.51. The number of hydrogen-bond acceptors (Lipinski definition) is 3. The van der Waals surface area contributed by atoms with Gasteiger partial charge in [0.2, 0.25) is 5.91 Å². The zero-order valence-electron chi connectivity index (χ0n) is 12.1. The highest BCUT2D eigenvalue weighted by molar-refractivity contribution is 5.77. The quantitative estimate of drug-likeness (QED) is 0.850. The Bertz CT molecular complexity index is 358. The standard InChI is InChI=1S/C14H24N2O3/c1-14(2,3)19-13(18)15-11-6-7-12(17)16(9-11)8-10-4-5-10/h10-11H,4-9H2,1-3H3,(H,15,18). The van der Waals surface area contributed by atoms with Crippen LogP contribution in [-0.4, -0.2) is 41.6 Å².